The summed E-state index contributed by atoms with van der Waals surface area (Å²) in [5, 5.41) is 0. The minimum atomic E-state index is 0.236. The van der Waals surface area contributed by atoms with Crippen molar-refractivity contribution in [3.63, 3.8) is 0 Å². The van der Waals surface area contributed by atoms with E-state index in [-0.39, 0.29) is 5.54 Å². The van der Waals surface area contributed by atoms with Crippen LogP contribution in [0.25, 0.3) is 0 Å². The normalized spacial score (nSPS) is 29.2. The Morgan fingerprint density at radius 1 is 1.13 bits per heavy atom. The van der Waals surface area contributed by atoms with Crippen LogP contribution in [0.2, 0.25) is 0 Å². The first kappa shape index (κ1) is 11.3. The van der Waals surface area contributed by atoms with Gasteiger partial charge < -0.3 is 15.4 Å². The number of piperazine rings is 1. The van der Waals surface area contributed by atoms with Crippen LogP contribution in [0.1, 0.15) is 12.8 Å². The molecule has 0 bridgehead atoms. The second-order valence-electron chi connectivity index (χ2n) is 4.83. The van der Waals surface area contributed by atoms with Gasteiger partial charge in [0, 0.05) is 51.5 Å². The van der Waals surface area contributed by atoms with E-state index >= 15 is 0 Å². The highest BCUT2D eigenvalue weighted by Crippen LogP contribution is 2.27. The van der Waals surface area contributed by atoms with Gasteiger partial charge in [-0.05, 0) is 19.9 Å². The van der Waals surface area contributed by atoms with Gasteiger partial charge in [-0.2, -0.15) is 0 Å². The van der Waals surface area contributed by atoms with Crippen LogP contribution in [-0.4, -0.2) is 68.3 Å². The fourth-order valence-corrected chi connectivity index (χ4v) is 2.68. The third-order valence-corrected chi connectivity index (χ3v) is 3.98. The van der Waals surface area contributed by atoms with Crippen LogP contribution >= 0.6 is 0 Å². The standard InChI is InChI=1S/C11H23N3O/c1-13-4-6-14(7-5-13)11(10-12)2-8-15-9-3-11/h2-10,12H2,1H3. The lowest BCUT2D eigenvalue weighted by Gasteiger charge is -2.48. The highest BCUT2D eigenvalue weighted by Gasteiger charge is 2.38. The molecule has 2 N–H and O–H groups in total. The second-order valence-corrected chi connectivity index (χ2v) is 4.83. The number of rotatable bonds is 2. The molecule has 2 saturated heterocycles. The van der Waals surface area contributed by atoms with Gasteiger partial charge in [0.2, 0.25) is 0 Å². The highest BCUT2D eigenvalue weighted by atomic mass is 16.5. The first-order valence-corrected chi connectivity index (χ1v) is 5.98. The molecule has 0 radical (unpaired) electrons. The van der Waals surface area contributed by atoms with E-state index in [1.165, 1.54) is 13.1 Å². The molecule has 0 aromatic carbocycles. The first-order valence-electron chi connectivity index (χ1n) is 5.98. The van der Waals surface area contributed by atoms with Gasteiger partial charge in [-0.3, -0.25) is 4.90 Å². The molecule has 15 heavy (non-hydrogen) atoms. The van der Waals surface area contributed by atoms with Crippen molar-refractivity contribution >= 4 is 0 Å². The summed E-state index contributed by atoms with van der Waals surface area (Å²) >= 11 is 0. The molecular weight excluding hydrogens is 190 g/mol. The van der Waals surface area contributed by atoms with Crippen LogP contribution in [0, 0.1) is 0 Å². The average Bonchev–Trinajstić information content (AvgIpc) is 2.31. The molecule has 0 atom stereocenters. The summed E-state index contributed by atoms with van der Waals surface area (Å²) in [6.07, 6.45) is 2.21. The van der Waals surface area contributed by atoms with Gasteiger partial charge in [-0.15, -0.1) is 0 Å². The molecule has 0 amide bonds. The molecule has 0 aromatic heterocycles. The topological polar surface area (TPSA) is 41.7 Å². The van der Waals surface area contributed by atoms with Crippen molar-refractivity contribution in [1.29, 1.82) is 0 Å². The van der Waals surface area contributed by atoms with Crippen LogP contribution in [0.3, 0.4) is 0 Å². The van der Waals surface area contributed by atoms with E-state index in [1.54, 1.807) is 0 Å². The van der Waals surface area contributed by atoms with E-state index in [4.69, 9.17) is 10.5 Å². The molecule has 0 saturated carbocycles. The molecule has 0 spiro atoms. The fraction of sp³-hybridized carbons (Fsp3) is 1.00. The second kappa shape index (κ2) is 4.78. The summed E-state index contributed by atoms with van der Waals surface area (Å²) in [5.74, 6) is 0. The van der Waals surface area contributed by atoms with Crippen LogP contribution < -0.4 is 5.73 Å². The Kier molecular flexibility index (Phi) is 3.61. The van der Waals surface area contributed by atoms with Crippen molar-refractivity contribution in [2.45, 2.75) is 18.4 Å². The van der Waals surface area contributed by atoms with E-state index in [2.05, 4.69) is 16.8 Å². The molecule has 2 aliphatic heterocycles. The van der Waals surface area contributed by atoms with E-state index in [1.807, 2.05) is 0 Å². The van der Waals surface area contributed by atoms with Crippen LogP contribution in [0.4, 0.5) is 0 Å². The number of ether oxygens (including phenoxy) is 1. The van der Waals surface area contributed by atoms with E-state index < -0.39 is 0 Å². The van der Waals surface area contributed by atoms with E-state index in [9.17, 15) is 0 Å². The summed E-state index contributed by atoms with van der Waals surface area (Å²) < 4.78 is 5.45. The van der Waals surface area contributed by atoms with Crippen molar-refractivity contribution in [3.8, 4) is 0 Å². The van der Waals surface area contributed by atoms with E-state index in [0.29, 0.717) is 0 Å². The van der Waals surface area contributed by atoms with Gasteiger partial charge in [-0.1, -0.05) is 0 Å². The van der Waals surface area contributed by atoms with Gasteiger partial charge in [0.15, 0.2) is 0 Å². The Morgan fingerprint density at radius 2 is 1.73 bits per heavy atom. The molecule has 2 fully saturated rings. The van der Waals surface area contributed by atoms with Crippen molar-refractivity contribution in [1.82, 2.24) is 9.80 Å². The number of nitrogens with zero attached hydrogens (tertiary/aromatic N) is 2. The Hall–Kier alpha value is -0.160. The maximum absolute atomic E-state index is 5.99. The maximum Gasteiger partial charge on any atom is 0.0484 e. The Bertz CT molecular complexity index is 196. The van der Waals surface area contributed by atoms with Crippen molar-refractivity contribution in [3.05, 3.63) is 0 Å². The summed E-state index contributed by atoms with van der Waals surface area (Å²) in [7, 11) is 2.19. The largest absolute Gasteiger partial charge is 0.381 e. The average molecular weight is 213 g/mol. The Morgan fingerprint density at radius 3 is 2.27 bits per heavy atom. The van der Waals surface area contributed by atoms with Crippen LogP contribution in [-0.2, 0) is 4.74 Å². The number of hydrogen-bond donors (Lipinski definition) is 1. The van der Waals surface area contributed by atoms with E-state index in [0.717, 1.165) is 45.7 Å². The van der Waals surface area contributed by atoms with Gasteiger partial charge in [0.1, 0.15) is 0 Å². The number of hydrogen-bond acceptors (Lipinski definition) is 4. The molecule has 0 unspecified atom stereocenters. The maximum atomic E-state index is 5.99. The molecule has 2 heterocycles. The number of likely N-dealkylation sites (N-methyl/N-ethyl adjacent to an activating group) is 1. The lowest BCUT2D eigenvalue weighted by atomic mass is 9.87. The molecule has 0 aliphatic carbocycles. The van der Waals surface area contributed by atoms with Gasteiger partial charge in [0.05, 0.1) is 0 Å². The summed E-state index contributed by atoms with van der Waals surface area (Å²) in [6.45, 7) is 7.19. The molecule has 4 nitrogen and oxygen atoms in total. The number of nitrogens with two attached hydrogens (primary N) is 1. The van der Waals surface area contributed by atoms with Gasteiger partial charge in [0.25, 0.3) is 0 Å². The molecule has 2 rings (SSSR count). The Balaban J connectivity index is 1.98. The lowest BCUT2D eigenvalue weighted by Crippen LogP contribution is -2.61. The summed E-state index contributed by atoms with van der Waals surface area (Å²) in [6, 6.07) is 0. The van der Waals surface area contributed by atoms with Crippen molar-refractivity contribution in [2.24, 2.45) is 5.73 Å². The summed E-state index contributed by atoms with van der Waals surface area (Å²) in [5.41, 5.74) is 6.23. The SMILES string of the molecule is CN1CCN(C2(CN)CCOCC2)CC1. The van der Waals surface area contributed by atoms with Crippen molar-refractivity contribution in [2.75, 3.05) is 53.0 Å². The van der Waals surface area contributed by atoms with Gasteiger partial charge in [-0.25, -0.2) is 0 Å². The first-order chi connectivity index (χ1) is 7.27. The zero-order chi connectivity index (χ0) is 10.7. The lowest BCUT2D eigenvalue weighted by molar-refractivity contribution is -0.0399. The monoisotopic (exact) mass is 213 g/mol. The zero-order valence-corrected chi connectivity index (χ0v) is 9.74. The Labute approximate surface area is 92.4 Å². The molecule has 88 valence electrons. The molecule has 0 aromatic rings. The third-order valence-electron chi connectivity index (χ3n) is 3.98. The van der Waals surface area contributed by atoms with Crippen LogP contribution in [0.5, 0.6) is 0 Å². The van der Waals surface area contributed by atoms with Crippen LogP contribution in [0.15, 0.2) is 0 Å². The molecule has 4 heteroatoms. The zero-order valence-electron chi connectivity index (χ0n) is 9.74. The van der Waals surface area contributed by atoms with Crippen molar-refractivity contribution < 1.29 is 4.74 Å². The fourth-order valence-electron chi connectivity index (χ4n) is 2.68. The third kappa shape index (κ3) is 2.33. The minimum Gasteiger partial charge on any atom is -0.381 e. The smallest absolute Gasteiger partial charge is 0.0484 e. The minimum absolute atomic E-state index is 0.236. The predicted octanol–water partition coefficient (Wildman–Crippen LogP) is -0.258. The molecular formula is C11H23N3O. The van der Waals surface area contributed by atoms with Gasteiger partial charge >= 0.3 is 0 Å². The predicted molar refractivity (Wildman–Crippen MR) is 60.9 cm³/mol. The quantitative estimate of drug-likeness (QED) is 0.686. The summed E-state index contributed by atoms with van der Waals surface area (Å²) in [4.78, 5) is 4.98. The molecule has 2 aliphatic rings. The highest BCUT2D eigenvalue weighted by molar-refractivity contribution is 4.95.